The Labute approximate surface area is 241 Å². The number of nitrogens with zero attached hydrogens (tertiary/aromatic N) is 2. The molecule has 0 atom stereocenters. The van der Waals surface area contributed by atoms with Gasteiger partial charge in [-0.2, -0.15) is 0 Å². The van der Waals surface area contributed by atoms with Crippen LogP contribution in [0.15, 0.2) is 140 Å². The molecule has 0 aromatic heterocycles. The lowest BCUT2D eigenvalue weighted by Crippen LogP contribution is -2.37. The van der Waals surface area contributed by atoms with E-state index in [-0.39, 0.29) is 0 Å². The number of nitrogens with two attached hydrogens (primary N) is 2. The monoisotopic (exact) mass is 532 g/mol. The van der Waals surface area contributed by atoms with Crippen LogP contribution in [0.4, 0.5) is 0 Å². The molecule has 0 unspecified atom stereocenters. The molecule has 208 valence electrons. The Bertz CT molecular complexity index is 1290. The number of aliphatic imine (C=N–C) groups is 1. The van der Waals surface area contributed by atoms with Crippen molar-refractivity contribution in [3.63, 3.8) is 0 Å². The third-order valence-corrected chi connectivity index (χ3v) is 6.71. The first-order chi connectivity index (χ1) is 19.6. The van der Waals surface area contributed by atoms with E-state index >= 15 is 0 Å². The van der Waals surface area contributed by atoms with Crippen LogP contribution in [0.5, 0.6) is 0 Å². The Morgan fingerprint density at radius 3 is 1.80 bits per heavy atom. The molecule has 4 aromatic carbocycles. The van der Waals surface area contributed by atoms with Crippen molar-refractivity contribution in [3.8, 4) is 0 Å². The molecule has 0 heterocycles. The van der Waals surface area contributed by atoms with Crippen LogP contribution in [-0.2, 0) is 24.9 Å². The molecule has 0 spiro atoms. The van der Waals surface area contributed by atoms with E-state index in [1.54, 1.807) is 0 Å². The number of hydrogen-bond donors (Lipinski definition) is 2. The zero-order valence-electron chi connectivity index (χ0n) is 24.3. The topological polar surface area (TPSA) is 67.6 Å². The maximum absolute atomic E-state index is 6.63. The van der Waals surface area contributed by atoms with Gasteiger partial charge in [0, 0.05) is 13.6 Å². The summed E-state index contributed by atoms with van der Waals surface area (Å²) in [4.78, 5) is 7.08. The second-order valence-corrected chi connectivity index (χ2v) is 9.15. The zero-order valence-corrected chi connectivity index (χ0v) is 24.3. The van der Waals surface area contributed by atoms with Gasteiger partial charge in [0.25, 0.3) is 0 Å². The normalized spacial score (nSPS) is 10.8. The molecule has 4 aromatic rings. The van der Waals surface area contributed by atoms with Crippen molar-refractivity contribution in [2.45, 2.75) is 31.8 Å². The Kier molecular flexibility index (Phi) is 13.1. The highest BCUT2D eigenvalue weighted by Crippen LogP contribution is 2.35. The predicted octanol–water partition coefficient (Wildman–Crippen LogP) is 7.09. The number of benzene rings is 4. The third-order valence-electron chi connectivity index (χ3n) is 6.71. The maximum Gasteiger partial charge on any atom is 0.192 e. The smallest absolute Gasteiger partial charge is 0.192 e. The summed E-state index contributed by atoms with van der Waals surface area (Å²) in [5.41, 5.74) is 17.7. The minimum Gasteiger partial charge on any atom is -0.370 e. The molecule has 4 nitrogen and oxygen atoms in total. The standard InChI is InChI=1S/C33H35N3.C2H4.CH5N/c1-4-28-17-12-13-18-29(28)24-26-15-14-16-27(23-26)25-36(3)32(34)35-33(5-2,30-19-8-6-9-20-30)31-21-10-7-11-22-31;2*1-2/h5-23H,2,4,24-25H2,1,3H3,(H2,34,35);1-2H2;2H2,1H3. The number of guanidine groups is 1. The minimum absolute atomic E-state index is 0.462. The average Bonchev–Trinajstić information content (AvgIpc) is 3.03. The molecular formula is C36H44N4. The summed E-state index contributed by atoms with van der Waals surface area (Å²) in [5, 5.41) is 0. The van der Waals surface area contributed by atoms with Gasteiger partial charge in [0.15, 0.2) is 5.96 Å². The third kappa shape index (κ3) is 8.05. The molecule has 0 bridgehead atoms. The largest absolute Gasteiger partial charge is 0.370 e. The van der Waals surface area contributed by atoms with Crippen LogP contribution in [-0.4, -0.2) is 25.0 Å². The summed E-state index contributed by atoms with van der Waals surface area (Å²) in [5.74, 6) is 0.462. The van der Waals surface area contributed by atoms with E-state index in [2.05, 4.69) is 105 Å². The first kappa shape index (κ1) is 31.8. The molecule has 0 aliphatic carbocycles. The highest BCUT2D eigenvalue weighted by Gasteiger charge is 2.31. The van der Waals surface area contributed by atoms with Crippen molar-refractivity contribution >= 4 is 5.96 Å². The summed E-state index contributed by atoms with van der Waals surface area (Å²) in [6, 6.07) is 37.8. The first-order valence-corrected chi connectivity index (χ1v) is 13.6. The lowest BCUT2D eigenvalue weighted by atomic mass is 9.83. The van der Waals surface area contributed by atoms with Crippen LogP contribution >= 0.6 is 0 Å². The molecule has 0 saturated heterocycles. The van der Waals surface area contributed by atoms with E-state index in [0.717, 1.165) is 24.0 Å². The molecule has 4 rings (SSSR count). The fourth-order valence-corrected chi connectivity index (χ4v) is 4.72. The van der Waals surface area contributed by atoms with Crippen molar-refractivity contribution in [2.75, 3.05) is 14.1 Å². The number of rotatable bonds is 9. The maximum atomic E-state index is 6.63. The molecule has 0 aliphatic rings. The molecular weight excluding hydrogens is 488 g/mol. The summed E-state index contributed by atoms with van der Waals surface area (Å²) < 4.78 is 0. The second-order valence-electron chi connectivity index (χ2n) is 9.15. The first-order valence-electron chi connectivity index (χ1n) is 13.6. The minimum atomic E-state index is -0.771. The fourth-order valence-electron chi connectivity index (χ4n) is 4.72. The highest BCUT2D eigenvalue weighted by atomic mass is 15.2. The fraction of sp³-hybridized carbons (Fsp3) is 0.194. The summed E-state index contributed by atoms with van der Waals surface area (Å²) in [6.07, 6.45) is 3.84. The Morgan fingerprint density at radius 2 is 1.27 bits per heavy atom. The predicted molar refractivity (Wildman–Crippen MR) is 173 cm³/mol. The quantitative estimate of drug-likeness (QED) is 0.137. The van der Waals surface area contributed by atoms with Crippen LogP contribution in [0.3, 0.4) is 0 Å². The molecule has 4 N–H and O–H groups in total. The van der Waals surface area contributed by atoms with Crippen LogP contribution in [0.25, 0.3) is 0 Å². The molecule has 0 fully saturated rings. The van der Waals surface area contributed by atoms with E-state index in [1.807, 2.05) is 54.4 Å². The average molecular weight is 533 g/mol. The van der Waals surface area contributed by atoms with E-state index < -0.39 is 5.54 Å². The van der Waals surface area contributed by atoms with Gasteiger partial charge < -0.3 is 16.4 Å². The van der Waals surface area contributed by atoms with Crippen LogP contribution in [0.2, 0.25) is 0 Å². The van der Waals surface area contributed by atoms with Gasteiger partial charge in [-0.1, -0.05) is 129 Å². The van der Waals surface area contributed by atoms with E-state index in [1.165, 1.54) is 29.3 Å². The lowest BCUT2D eigenvalue weighted by molar-refractivity contribution is 0.483. The molecule has 0 radical (unpaired) electrons. The molecule has 0 aliphatic heterocycles. The second kappa shape index (κ2) is 16.5. The molecule has 40 heavy (non-hydrogen) atoms. The van der Waals surface area contributed by atoms with Crippen molar-refractivity contribution in [1.29, 1.82) is 0 Å². The summed E-state index contributed by atoms with van der Waals surface area (Å²) >= 11 is 0. The highest BCUT2D eigenvalue weighted by molar-refractivity contribution is 5.79. The van der Waals surface area contributed by atoms with E-state index in [4.69, 9.17) is 10.7 Å². The van der Waals surface area contributed by atoms with Gasteiger partial charge in [-0.05, 0) is 53.3 Å². The Hall–Kier alpha value is -4.41. The summed E-state index contributed by atoms with van der Waals surface area (Å²) in [6.45, 7) is 13.0. The van der Waals surface area contributed by atoms with Crippen molar-refractivity contribution in [1.82, 2.24) is 4.90 Å². The zero-order chi connectivity index (χ0) is 29.4. The van der Waals surface area contributed by atoms with Gasteiger partial charge in [0.1, 0.15) is 5.54 Å². The molecule has 0 amide bonds. The van der Waals surface area contributed by atoms with Crippen molar-refractivity contribution in [2.24, 2.45) is 16.5 Å². The molecule has 0 saturated carbocycles. The van der Waals surface area contributed by atoms with Gasteiger partial charge >= 0.3 is 0 Å². The van der Waals surface area contributed by atoms with Crippen LogP contribution < -0.4 is 11.5 Å². The van der Waals surface area contributed by atoms with Gasteiger partial charge in [-0.15, -0.1) is 13.2 Å². The van der Waals surface area contributed by atoms with Gasteiger partial charge in [0.2, 0.25) is 0 Å². The Balaban J connectivity index is 0.00000134. The molecule has 4 heteroatoms. The lowest BCUT2D eigenvalue weighted by Gasteiger charge is -2.30. The van der Waals surface area contributed by atoms with Crippen LogP contribution in [0.1, 0.15) is 40.3 Å². The number of aryl methyl sites for hydroxylation is 1. The summed E-state index contributed by atoms with van der Waals surface area (Å²) in [7, 11) is 3.49. The van der Waals surface area contributed by atoms with E-state index in [0.29, 0.717) is 12.5 Å². The van der Waals surface area contributed by atoms with E-state index in [9.17, 15) is 0 Å². The van der Waals surface area contributed by atoms with Gasteiger partial charge in [0.05, 0.1) is 0 Å². The van der Waals surface area contributed by atoms with Crippen molar-refractivity contribution < 1.29 is 0 Å². The number of hydrogen-bond acceptors (Lipinski definition) is 2. The van der Waals surface area contributed by atoms with Crippen LogP contribution in [0, 0.1) is 0 Å². The van der Waals surface area contributed by atoms with Crippen molar-refractivity contribution in [3.05, 3.63) is 168 Å². The SMILES string of the molecule is C=C.C=CC(N=C(N)N(C)Cc1cccc(Cc2ccccc2CC)c1)(c1ccccc1)c1ccccc1.CN. The Morgan fingerprint density at radius 1 is 0.775 bits per heavy atom. The van der Waals surface area contributed by atoms with Gasteiger partial charge in [-0.25, -0.2) is 4.99 Å². The van der Waals surface area contributed by atoms with Gasteiger partial charge in [-0.3, -0.25) is 0 Å².